The van der Waals surface area contributed by atoms with Crippen LogP contribution in [0.3, 0.4) is 0 Å². The van der Waals surface area contributed by atoms with Gasteiger partial charge in [-0.1, -0.05) is 109 Å². The van der Waals surface area contributed by atoms with E-state index in [-0.39, 0.29) is 38.0 Å². The molecule has 0 aliphatic heterocycles. The van der Waals surface area contributed by atoms with Crippen LogP contribution in [0.1, 0.15) is 36.5 Å². The summed E-state index contributed by atoms with van der Waals surface area (Å²) in [5.74, 6) is -4.30. The fraction of sp³-hybridized carbons (Fsp3) is 0.222. The molecule has 5 amide bonds. The van der Waals surface area contributed by atoms with Crippen LogP contribution in [0.15, 0.2) is 140 Å². The Hall–Kier alpha value is -7.15. The van der Waals surface area contributed by atoms with Crippen LogP contribution in [0.4, 0.5) is 5.69 Å². The second kappa shape index (κ2) is 21.2. The smallest absolute Gasteiger partial charge is 0.325 e. The van der Waals surface area contributed by atoms with Crippen LogP contribution in [0.25, 0.3) is 11.1 Å². The van der Waals surface area contributed by atoms with Crippen molar-refractivity contribution in [3.8, 4) is 11.1 Å². The molecule has 0 aliphatic rings. The van der Waals surface area contributed by atoms with Gasteiger partial charge in [0.25, 0.3) is 0 Å². The fourth-order valence-electron chi connectivity index (χ4n) is 6.09. The van der Waals surface area contributed by atoms with E-state index >= 15 is 0 Å². The maximum absolute atomic E-state index is 14.3. The number of anilines is 1. The van der Waals surface area contributed by atoms with E-state index in [9.17, 15) is 33.9 Å². The standard InChI is InChI=1S/C45H46N6O7/c1-30(45(57)58)47-42(54)38(26-31-12-5-2-6-13-31)50-44(56)39(27-32-19-21-35(22-20-32)34-15-7-3-8-16-34)51-43(55)37(28-33-14-11-25-46-29-33)49-41(53)24-23-40(52)48-36-17-9-4-10-18-36/h2-22,25,29-30,37-39H,23-24,26-28H2,1H3,(H,47,54)(H,48,52)(H,49,53)(H,50,56)(H,51,55)(H,57,58)/t30-,37+,38+,39-/m0/s1. The zero-order valence-electron chi connectivity index (χ0n) is 32.0. The quantitative estimate of drug-likeness (QED) is 0.0716. The Labute approximate surface area is 336 Å². The number of carboxylic acid groups (broad SMARTS) is 1. The molecule has 5 rings (SSSR count). The van der Waals surface area contributed by atoms with Crippen molar-refractivity contribution < 1.29 is 33.9 Å². The lowest BCUT2D eigenvalue weighted by Crippen LogP contribution is -2.58. The molecule has 13 heteroatoms. The van der Waals surface area contributed by atoms with Crippen LogP contribution < -0.4 is 26.6 Å². The van der Waals surface area contributed by atoms with Crippen molar-refractivity contribution in [2.75, 3.05) is 5.32 Å². The topological polar surface area (TPSA) is 196 Å². The van der Waals surface area contributed by atoms with Crippen molar-refractivity contribution in [3.05, 3.63) is 156 Å². The second-order valence-corrected chi connectivity index (χ2v) is 13.7. The predicted molar refractivity (Wildman–Crippen MR) is 219 cm³/mol. The van der Waals surface area contributed by atoms with Crippen molar-refractivity contribution in [2.45, 2.75) is 63.2 Å². The molecule has 0 aliphatic carbocycles. The van der Waals surface area contributed by atoms with E-state index in [1.54, 1.807) is 79.1 Å². The first-order valence-electron chi connectivity index (χ1n) is 18.9. The maximum Gasteiger partial charge on any atom is 0.325 e. The number of amides is 5. The summed E-state index contributed by atoms with van der Waals surface area (Å²) < 4.78 is 0. The fourth-order valence-corrected chi connectivity index (χ4v) is 6.09. The average Bonchev–Trinajstić information content (AvgIpc) is 3.23. The van der Waals surface area contributed by atoms with Gasteiger partial charge in [-0.2, -0.15) is 0 Å². The van der Waals surface area contributed by atoms with Gasteiger partial charge in [0, 0.05) is 50.2 Å². The number of carbonyl (C=O) groups excluding carboxylic acids is 5. The largest absolute Gasteiger partial charge is 0.480 e. The minimum absolute atomic E-state index is 0.00502. The van der Waals surface area contributed by atoms with Gasteiger partial charge in [-0.05, 0) is 52.9 Å². The highest BCUT2D eigenvalue weighted by Gasteiger charge is 2.31. The second-order valence-electron chi connectivity index (χ2n) is 13.7. The molecule has 13 nitrogen and oxygen atoms in total. The summed E-state index contributed by atoms with van der Waals surface area (Å²) in [7, 11) is 0. The van der Waals surface area contributed by atoms with Crippen molar-refractivity contribution in [1.29, 1.82) is 0 Å². The number of pyridine rings is 1. The molecule has 58 heavy (non-hydrogen) atoms. The monoisotopic (exact) mass is 782 g/mol. The molecular formula is C45H46N6O7. The Kier molecular flexibility index (Phi) is 15.4. The van der Waals surface area contributed by atoms with Gasteiger partial charge in [-0.25, -0.2) is 0 Å². The number of hydrogen-bond acceptors (Lipinski definition) is 7. The first-order chi connectivity index (χ1) is 28.0. The minimum Gasteiger partial charge on any atom is -0.480 e. The number of para-hydroxylation sites is 1. The molecule has 0 saturated heterocycles. The zero-order valence-corrected chi connectivity index (χ0v) is 32.0. The molecular weight excluding hydrogens is 737 g/mol. The van der Waals surface area contributed by atoms with Crippen molar-refractivity contribution in [1.82, 2.24) is 26.3 Å². The Balaban J connectivity index is 1.38. The number of benzene rings is 4. The van der Waals surface area contributed by atoms with Gasteiger partial charge in [0.05, 0.1) is 0 Å². The van der Waals surface area contributed by atoms with Crippen molar-refractivity contribution in [2.24, 2.45) is 0 Å². The number of hydrogen-bond donors (Lipinski definition) is 6. The summed E-state index contributed by atoms with van der Waals surface area (Å²) in [5, 5.41) is 22.9. The molecule has 0 saturated carbocycles. The normalized spacial score (nSPS) is 12.8. The number of rotatable bonds is 19. The van der Waals surface area contributed by atoms with Crippen LogP contribution >= 0.6 is 0 Å². The Bertz CT molecular complexity index is 2140. The molecule has 0 radical (unpaired) electrons. The van der Waals surface area contributed by atoms with E-state index in [2.05, 4.69) is 31.6 Å². The number of nitrogens with zero attached hydrogens (tertiary/aromatic N) is 1. The highest BCUT2D eigenvalue weighted by atomic mass is 16.4. The number of carboxylic acids is 1. The van der Waals surface area contributed by atoms with Crippen LogP contribution in [-0.4, -0.2) is 69.8 Å². The molecule has 0 unspecified atom stereocenters. The summed E-state index contributed by atoms with van der Waals surface area (Å²) in [6.07, 6.45) is 2.84. The number of carbonyl (C=O) groups is 6. The van der Waals surface area contributed by atoms with Gasteiger partial charge >= 0.3 is 5.97 Å². The zero-order chi connectivity index (χ0) is 41.3. The lowest BCUT2D eigenvalue weighted by atomic mass is 9.99. The van der Waals surface area contributed by atoms with Gasteiger partial charge in [0.2, 0.25) is 29.5 Å². The van der Waals surface area contributed by atoms with E-state index in [4.69, 9.17) is 0 Å². The highest BCUT2D eigenvalue weighted by Crippen LogP contribution is 2.20. The third-order valence-corrected chi connectivity index (χ3v) is 9.23. The number of aliphatic carboxylic acids is 1. The lowest BCUT2D eigenvalue weighted by Gasteiger charge is -2.26. The molecule has 1 heterocycles. The summed E-state index contributed by atoms with van der Waals surface area (Å²) in [4.78, 5) is 83.5. The number of aromatic nitrogens is 1. The SMILES string of the molecule is C[C@H](NC(=O)[C@@H](Cc1ccccc1)NC(=O)[C@H](Cc1ccc(-c2ccccc2)cc1)NC(=O)[C@@H](Cc1cccnc1)NC(=O)CCC(=O)Nc1ccccc1)C(=O)O. The van der Waals surface area contributed by atoms with Crippen molar-refractivity contribution in [3.63, 3.8) is 0 Å². The molecule has 4 aromatic carbocycles. The van der Waals surface area contributed by atoms with Gasteiger partial charge in [0.15, 0.2) is 0 Å². The van der Waals surface area contributed by atoms with E-state index in [1.807, 2.05) is 60.7 Å². The predicted octanol–water partition coefficient (Wildman–Crippen LogP) is 4.24. The molecule has 0 spiro atoms. The summed E-state index contributed by atoms with van der Waals surface area (Å²) in [6, 6.07) is 33.5. The third kappa shape index (κ3) is 13.3. The summed E-state index contributed by atoms with van der Waals surface area (Å²) in [6.45, 7) is 1.32. The van der Waals surface area contributed by atoms with E-state index in [0.29, 0.717) is 22.4 Å². The minimum atomic E-state index is -1.25. The van der Waals surface area contributed by atoms with Crippen molar-refractivity contribution >= 4 is 41.2 Å². The van der Waals surface area contributed by atoms with E-state index in [0.717, 1.165) is 11.1 Å². The van der Waals surface area contributed by atoms with Gasteiger partial charge in [-0.15, -0.1) is 0 Å². The van der Waals surface area contributed by atoms with Crippen LogP contribution in [0, 0.1) is 0 Å². The Morgan fingerprint density at radius 1 is 0.517 bits per heavy atom. The molecule has 1 aromatic heterocycles. The maximum atomic E-state index is 14.3. The first-order valence-corrected chi connectivity index (χ1v) is 18.9. The average molecular weight is 783 g/mol. The van der Waals surface area contributed by atoms with Gasteiger partial charge in [-0.3, -0.25) is 33.8 Å². The highest BCUT2D eigenvalue weighted by molar-refractivity contribution is 5.96. The molecule has 0 fully saturated rings. The molecule has 5 aromatic rings. The third-order valence-electron chi connectivity index (χ3n) is 9.23. The van der Waals surface area contributed by atoms with Gasteiger partial charge < -0.3 is 31.7 Å². The molecule has 0 bridgehead atoms. The summed E-state index contributed by atoms with van der Waals surface area (Å²) >= 11 is 0. The number of nitrogens with one attached hydrogen (secondary N) is 5. The molecule has 298 valence electrons. The van der Waals surface area contributed by atoms with Crippen LogP contribution in [0.5, 0.6) is 0 Å². The Morgan fingerprint density at radius 2 is 0.983 bits per heavy atom. The van der Waals surface area contributed by atoms with Crippen LogP contribution in [0.2, 0.25) is 0 Å². The van der Waals surface area contributed by atoms with Crippen LogP contribution in [-0.2, 0) is 48.0 Å². The lowest BCUT2D eigenvalue weighted by molar-refractivity contribution is -0.141. The first kappa shape index (κ1) is 42.0. The summed E-state index contributed by atoms with van der Waals surface area (Å²) in [5.41, 5.74) is 4.56. The van der Waals surface area contributed by atoms with E-state index < -0.39 is 53.8 Å². The molecule has 6 N–H and O–H groups in total. The Morgan fingerprint density at radius 3 is 1.55 bits per heavy atom. The van der Waals surface area contributed by atoms with Gasteiger partial charge in [0.1, 0.15) is 24.2 Å². The van der Waals surface area contributed by atoms with E-state index in [1.165, 1.54) is 6.92 Å². The molecule has 4 atom stereocenters.